The molecule has 3 aromatic heterocycles. The van der Waals surface area contributed by atoms with E-state index in [1.807, 2.05) is 38.1 Å². The average molecular weight is 607 g/mol. The van der Waals surface area contributed by atoms with Gasteiger partial charge in [-0.25, -0.2) is 22.1 Å². The number of fused-ring (bicyclic) bond motifs is 2. The van der Waals surface area contributed by atoms with Crippen molar-refractivity contribution in [1.82, 2.24) is 23.7 Å². The molecule has 0 radical (unpaired) electrons. The van der Waals surface area contributed by atoms with Crippen molar-refractivity contribution >= 4 is 52.1 Å². The number of aldehydes is 1. The lowest BCUT2D eigenvalue weighted by Crippen LogP contribution is -2.16. The van der Waals surface area contributed by atoms with Crippen LogP contribution in [-0.2, 0) is 10.0 Å². The molecule has 0 bridgehead atoms. The minimum atomic E-state index is -4.16. The maximum absolute atomic E-state index is 14.1. The predicted molar refractivity (Wildman–Crippen MR) is 173 cm³/mol. The first-order valence-corrected chi connectivity index (χ1v) is 18.6. The van der Waals surface area contributed by atoms with Gasteiger partial charge in [-0.1, -0.05) is 43.3 Å². The Morgan fingerprint density at radius 2 is 1.74 bits per heavy atom. The number of H-pyrrole nitrogens is 1. The quantitative estimate of drug-likeness (QED) is 0.144. The molecule has 3 aromatic carbocycles. The van der Waals surface area contributed by atoms with Crippen molar-refractivity contribution in [3.63, 3.8) is 0 Å². The van der Waals surface area contributed by atoms with Crippen LogP contribution in [0.25, 0.3) is 38.8 Å². The highest BCUT2D eigenvalue weighted by Crippen LogP contribution is 2.40. The highest BCUT2D eigenvalue weighted by molar-refractivity contribution is 7.90. The van der Waals surface area contributed by atoms with E-state index in [-0.39, 0.29) is 16.4 Å². The zero-order valence-corrected chi connectivity index (χ0v) is 26.2. The lowest BCUT2D eigenvalue weighted by Gasteiger charge is -2.10. The molecule has 0 fully saturated rings. The summed E-state index contributed by atoms with van der Waals surface area (Å²) in [6, 6.07) is 17.4. The standard InChI is InChI=1S/C32H30N6O3SSi/c1-20-6-10-24(11-7-20)42(40,41)38-29-13-8-22(14-15-43(3,4)5)16-25(29)31(30(38)19-39)26-18-34-37(32(26)33)23-9-12-27-28(17-23)36-21(2)35-27/h6-13,16-19H,33H2,1-5H3,(H,35,36). The van der Waals surface area contributed by atoms with E-state index in [4.69, 9.17) is 5.73 Å². The van der Waals surface area contributed by atoms with Gasteiger partial charge in [0.05, 0.1) is 33.3 Å². The van der Waals surface area contributed by atoms with Gasteiger partial charge in [-0.15, -0.1) is 5.54 Å². The number of imidazole rings is 1. The number of carbonyl (C=O) groups is 1. The first-order valence-electron chi connectivity index (χ1n) is 13.7. The van der Waals surface area contributed by atoms with Crippen LogP contribution in [0.2, 0.25) is 19.6 Å². The third-order valence-corrected chi connectivity index (χ3v) is 9.73. The second kappa shape index (κ2) is 10.1. The number of benzene rings is 3. The Morgan fingerprint density at radius 3 is 2.44 bits per heavy atom. The highest BCUT2D eigenvalue weighted by atomic mass is 32.2. The van der Waals surface area contributed by atoms with Gasteiger partial charge < -0.3 is 10.7 Å². The van der Waals surface area contributed by atoms with E-state index < -0.39 is 18.1 Å². The third kappa shape index (κ3) is 4.94. The number of nitrogens with one attached hydrogen (secondary N) is 1. The molecule has 0 unspecified atom stereocenters. The summed E-state index contributed by atoms with van der Waals surface area (Å²) in [6.07, 6.45) is 2.12. The summed E-state index contributed by atoms with van der Waals surface area (Å²) in [6.45, 7) is 10.2. The van der Waals surface area contributed by atoms with Gasteiger partial charge in [0.1, 0.15) is 25.4 Å². The van der Waals surface area contributed by atoms with E-state index >= 15 is 0 Å². The number of aryl methyl sites for hydroxylation is 2. The van der Waals surface area contributed by atoms with Crippen LogP contribution in [0.15, 0.2) is 71.8 Å². The summed E-state index contributed by atoms with van der Waals surface area (Å²) >= 11 is 0. The van der Waals surface area contributed by atoms with Crippen molar-refractivity contribution in [1.29, 1.82) is 0 Å². The van der Waals surface area contributed by atoms with E-state index in [1.165, 1.54) is 12.1 Å². The number of rotatable bonds is 5. The fourth-order valence-corrected chi connectivity index (χ4v) is 7.12. The SMILES string of the molecule is Cc1ccc(S(=O)(=O)n2c(C=O)c(-c3cnn(-c4ccc5nc(C)[nH]c5c4)c3N)c3cc(C#C[Si](C)(C)C)ccc32)cc1. The van der Waals surface area contributed by atoms with Crippen molar-refractivity contribution in [2.45, 2.75) is 38.4 Å². The number of hydrogen-bond acceptors (Lipinski definition) is 6. The first-order chi connectivity index (χ1) is 20.4. The van der Waals surface area contributed by atoms with Gasteiger partial charge in [0.2, 0.25) is 0 Å². The number of hydrogen-bond donors (Lipinski definition) is 2. The van der Waals surface area contributed by atoms with E-state index in [9.17, 15) is 13.2 Å². The molecular weight excluding hydrogens is 577 g/mol. The van der Waals surface area contributed by atoms with E-state index in [0.717, 1.165) is 26.4 Å². The number of anilines is 1. The van der Waals surface area contributed by atoms with Gasteiger partial charge >= 0.3 is 0 Å². The smallest absolute Gasteiger partial charge is 0.268 e. The monoisotopic (exact) mass is 606 g/mol. The predicted octanol–water partition coefficient (Wildman–Crippen LogP) is 5.85. The first kappa shape index (κ1) is 28.2. The van der Waals surface area contributed by atoms with Crippen LogP contribution in [0.3, 0.4) is 0 Å². The van der Waals surface area contributed by atoms with Crippen LogP contribution in [0.4, 0.5) is 5.82 Å². The number of carbonyl (C=O) groups excluding carboxylic acids is 1. The van der Waals surface area contributed by atoms with Gasteiger partial charge in [0, 0.05) is 22.1 Å². The maximum Gasteiger partial charge on any atom is 0.268 e. The highest BCUT2D eigenvalue weighted by Gasteiger charge is 2.29. The van der Waals surface area contributed by atoms with Crippen LogP contribution < -0.4 is 5.73 Å². The molecule has 0 saturated carbocycles. The number of nitrogens with zero attached hydrogens (tertiary/aromatic N) is 4. The van der Waals surface area contributed by atoms with Gasteiger partial charge in [-0.3, -0.25) is 4.79 Å². The summed E-state index contributed by atoms with van der Waals surface area (Å²) in [5.41, 5.74) is 15.1. The molecule has 9 nitrogen and oxygen atoms in total. The van der Waals surface area contributed by atoms with Crippen molar-refractivity contribution < 1.29 is 13.2 Å². The van der Waals surface area contributed by atoms with Crippen molar-refractivity contribution in [2.75, 3.05) is 5.73 Å². The lowest BCUT2D eigenvalue weighted by molar-refractivity contribution is 0.111. The minimum absolute atomic E-state index is 0.0447. The Labute approximate surface area is 250 Å². The number of nitrogen functional groups attached to an aromatic ring is 1. The maximum atomic E-state index is 14.1. The molecule has 0 aliphatic rings. The van der Waals surface area contributed by atoms with Gasteiger partial charge in [0.15, 0.2) is 6.29 Å². The number of aromatic amines is 1. The van der Waals surface area contributed by atoms with Crippen LogP contribution in [0, 0.1) is 25.3 Å². The fourth-order valence-electron chi connectivity index (χ4n) is 5.10. The molecule has 6 aromatic rings. The zero-order valence-electron chi connectivity index (χ0n) is 24.4. The topological polar surface area (TPSA) is 129 Å². The van der Waals surface area contributed by atoms with Gasteiger partial charge in [-0.2, -0.15) is 5.10 Å². The summed E-state index contributed by atoms with van der Waals surface area (Å²) in [5.74, 6) is 4.29. The summed E-state index contributed by atoms with van der Waals surface area (Å²) in [5, 5.41) is 5.08. The molecule has 0 amide bonds. The molecule has 0 spiro atoms. The Balaban J connectivity index is 1.63. The summed E-state index contributed by atoms with van der Waals surface area (Å²) in [7, 11) is -5.86. The van der Waals surface area contributed by atoms with Crippen molar-refractivity contribution in [3.8, 4) is 28.3 Å². The average Bonchev–Trinajstić information content (AvgIpc) is 3.62. The molecule has 3 N–H and O–H groups in total. The van der Waals surface area contributed by atoms with Gasteiger partial charge in [-0.05, 0) is 62.4 Å². The summed E-state index contributed by atoms with van der Waals surface area (Å²) in [4.78, 5) is 20.6. The third-order valence-electron chi connectivity index (χ3n) is 7.12. The Kier molecular flexibility index (Phi) is 6.63. The normalized spacial score (nSPS) is 12.0. The van der Waals surface area contributed by atoms with Gasteiger partial charge in [0.25, 0.3) is 10.0 Å². The Bertz CT molecular complexity index is 2240. The molecule has 0 saturated heterocycles. The van der Waals surface area contributed by atoms with Crippen LogP contribution in [0.1, 0.15) is 27.4 Å². The number of nitrogens with two attached hydrogens (primary N) is 1. The van der Waals surface area contributed by atoms with E-state index in [1.54, 1.807) is 35.1 Å². The molecule has 216 valence electrons. The molecule has 43 heavy (non-hydrogen) atoms. The van der Waals surface area contributed by atoms with Crippen LogP contribution in [0.5, 0.6) is 0 Å². The molecular formula is C32H30N6O3SSi. The second-order valence-electron chi connectivity index (χ2n) is 11.6. The second-order valence-corrected chi connectivity index (χ2v) is 18.1. The molecule has 0 aliphatic carbocycles. The van der Waals surface area contributed by atoms with Crippen LogP contribution >= 0.6 is 0 Å². The minimum Gasteiger partial charge on any atom is -0.383 e. The van der Waals surface area contributed by atoms with E-state index in [0.29, 0.717) is 39.6 Å². The molecule has 6 rings (SSSR count). The van der Waals surface area contributed by atoms with E-state index in [2.05, 4.69) is 46.2 Å². The fraction of sp³-hybridized carbons (Fsp3) is 0.156. The number of aromatic nitrogens is 5. The molecule has 3 heterocycles. The Hall–Kier alpha value is -4.92. The lowest BCUT2D eigenvalue weighted by atomic mass is 10.0. The molecule has 11 heteroatoms. The summed E-state index contributed by atoms with van der Waals surface area (Å²) < 4.78 is 30.8. The van der Waals surface area contributed by atoms with Crippen molar-refractivity contribution in [3.05, 3.63) is 89.5 Å². The van der Waals surface area contributed by atoms with Crippen LogP contribution in [-0.4, -0.2) is 46.5 Å². The van der Waals surface area contributed by atoms with Crippen molar-refractivity contribution in [2.24, 2.45) is 0 Å². The zero-order chi connectivity index (χ0) is 30.7. The largest absolute Gasteiger partial charge is 0.383 e. The molecule has 0 aliphatic heterocycles. The Morgan fingerprint density at radius 1 is 1.00 bits per heavy atom. The molecule has 0 atom stereocenters.